The monoisotopic (exact) mass is 377 g/mol. The largest absolute Gasteiger partial charge is 0.440 e. The number of amides is 4. The molecule has 0 bridgehead atoms. The molecule has 1 saturated carbocycles. The molecule has 1 aliphatic heterocycles. The summed E-state index contributed by atoms with van der Waals surface area (Å²) in [4.78, 5) is 36.9. The molecule has 0 radical (unpaired) electrons. The maximum absolute atomic E-state index is 13.6. The molecule has 1 heterocycles. The van der Waals surface area contributed by atoms with E-state index in [0.717, 1.165) is 32.1 Å². The Labute approximate surface area is 150 Å². The molecule has 2 N–H and O–H groups in total. The third-order valence-electron chi connectivity index (χ3n) is 4.91. The van der Waals surface area contributed by atoms with Gasteiger partial charge in [-0.2, -0.15) is 13.2 Å². The number of halogens is 3. The number of urea groups is 1. The third-order valence-corrected chi connectivity index (χ3v) is 4.91. The van der Waals surface area contributed by atoms with Gasteiger partial charge in [0.05, 0.1) is 0 Å². The van der Waals surface area contributed by atoms with Gasteiger partial charge in [-0.3, -0.25) is 19.8 Å². The minimum absolute atomic E-state index is 0.101. The number of nitrogens with one attached hydrogen (secondary N) is 2. The second-order valence-corrected chi connectivity index (χ2v) is 7.58. The molecular formula is C17H26F3N3O3. The van der Waals surface area contributed by atoms with Gasteiger partial charge in [0.2, 0.25) is 5.91 Å². The van der Waals surface area contributed by atoms with Crippen LogP contribution in [0, 0.1) is 11.8 Å². The first-order chi connectivity index (χ1) is 12.1. The number of hydrogen-bond acceptors (Lipinski definition) is 3. The van der Waals surface area contributed by atoms with E-state index in [1.807, 2.05) is 0 Å². The number of carbonyl (C=O) groups is 3. The van der Waals surface area contributed by atoms with Crippen LogP contribution in [-0.2, 0) is 9.59 Å². The SMILES string of the molecule is CC(C)CN1C(=O)NC(NC(=O)CCC2CCCCC2)(C(F)(F)F)C1=O. The van der Waals surface area contributed by atoms with Crippen LogP contribution in [-0.4, -0.2) is 41.1 Å². The average molecular weight is 377 g/mol. The van der Waals surface area contributed by atoms with Gasteiger partial charge < -0.3 is 5.32 Å². The lowest BCUT2D eigenvalue weighted by Gasteiger charge is -2.30. The van der Waals surface area contributed by atoms with E-state index in [4.69, 9.17) is 0 Å². The molecule has 2 rings (SSSR count). The quantitative estimate of drug-likeness (QED) is 0.699. The Balaban J connectivity index is 2.08. The van der Waals surface area contributed by atoms with Gasteiger partial charge in [-0.15, -0.1) is 0 Å². The zero-order valence-corrected chi connectivity index (χ0v) is 15.1. The molecule has 1 unspecified atom stereocenters. The smallest absolute Gasteiger partial charge is 0.318 e. The summed E-state index contributed by atoms with van der Waals surface area (Å²) in [5.41, 5.74) is -3.37. The zero-order chi connectivity index (χ0) is 19.5. The van der Waals surface area contributed by atoms with E-state index in [1.54, 1.807) is 24.5 Å². The molecule has 0 aromatic heterocycles. The van der Waals surface area contributed by atoms with E-state index in [2.05, 4.69) is 0 Å². The van der Waals surface area contributed by atoms with Crippen molar-refractivity contribution in [3.63, 3.8) is 0 Å². The van der Waals surface area contributed by atoms with Gasteiger partial charge in [-0.1, -0.05) is 46.0 Å². The van der Waals surface area contributed by atoms with E-state index in [1.165, 1.54) is 0 Å². The predicted octanol–water partition coefficient (Wildman–Crippen LogP) is 2.93. The summed E-state index contributed by atoms with van der Waals surface area (Å²) in [5, 5.41) is 3.43. The first kappa shape index (κ1) is 20.5. The van der Waals surface area contributed by atoms with Crippen LogP contribution in [0.4, 0.5) is 18.0 Å². The molecule has 9 heteroatoms. The highest BCUT2D eigenvalue weighted by molar-refractivity contribution is 6.08. The molecule has 4 amide bonds. The number of rotatable bonds is 6. The highest BCUT2D eigenvalue weighted by atomic mass is 19.4. The third kappa shape index (κ3) is 4.29. The molecular weight excluding hydrogens is 351 g/mol. The van der Waals surface area contributed by atoms with Crippen molar-refractivity contribution in [2.75, 3.05) is 6.54 Å². The summed E-state index contributed by atoms with van der Waals surface area (Å²) in [7, 11) is 0. The van der Waals surface area contributed by atoms with Crippen molar-refractivity contribution in [2.45, 2.75) is 70.6 Å². The van der Waals surface area contributed by atoms with Crippen molar-refractivity contribution in [3.05, 3.63) is 0 Å². The molecule has 1 aliphatic carbocycles. The number of nitrogens with zero attached hydrogens (tertiary/aromatic N) is 1. The van der Waals surface area contributed by atoms with Crippen LogP contribution in [0.5, 0.6) is 0 Å². The van der Waals surface area contributed by atoms with E-state index in [9.17, 15) is 27.6 Å². The molecule has 1 saturated heterocycles. The van der Waals surface area contributed by atoms with E-state index < -0.39 is 29.7 Å². The molecule has 1 atom stereocenters. The standard InChI is InChI=1S/C17H26F3N3O3/c1-11(2)10-23-14(25)16(17(18,19)20,22-15(23)26)21-13(24)9-8-12-6-4-3-5-7-12/h11-12H,3-10H2,1-2H3,(H,21,24)(H,22,26). The van der Waals surface area contributed by atoms with Crippen LogP contribution in [0.2, 0.25) is 0 Å². The lowest BCUT2D eigenvalue weighted by molar-refractivity contribution is -0.204. The summed E-state index contributed by atoms with van der Waals surface area (Å²) in [6.07, 6.45) is 0.464. The summed E-state index contributed by atoms with van der Waals surface area (Å²) < 4.78 is 40.9. The van der Waals surface area contributed by atoms with Crippen LogP contribution < -0.4 is 10.6 Å². The van der Waals surface area contributed by atoms with Crippen molar-refractivity contribution in [1.82, 2.24) is 15.5 Å². The van der Waals surface area contributed by atoms with Gasteiger partial charge in [0.1, 0.15) is 0 Å². The van der Waals surface area contributed by atoms with Crippen LogP contribution >= 0.6 is 0 Å². The lowest BCUT2D eigenvalue weighted by Crippen LogP contribution is -2.69. The second-order valence-electron chi connectivity index (χ2n) is 7.58. The molecule has 0 spiro atoms. The fraction of sp³-hybridized carbons (Fsp3) is 0.824. The molecule has 2 aliphatic rings. The minimum atomic E-state index is -5.13. The predicted molar refractivity (Wildman–Crippen MR) is 87.8 cm³/mol. The first-order valence-corrected chi connectivity index (χ1v) is 9.08. The Morgan fingerprint density at radius 2 is 1.88 bits per heavy atom. The van der Waals surface area contributed by atoms with Crippen molar-refractivity contribution in [2.24, 2.45) is 11.8 Å². The highest BCUT2D eigenvalue weighted by Gasteiger charge is 2.68. The Morgan fingerprint density at radius 3 is 2.42 bits per heavy atom. The molecule has 0 aromatic rings. The van der Waals surface area contributed by atoms with Crippen LogP contribution in [0.15, 0.2) is 0 Å². The zero-order valence-electron chi connectivity index (χ0n) is 15.1. The summed E-state index contributed by atoms with van der Waals surface area (Å²) in [6.45, 7) is 3.20. The van der Waals surface area contributed by atoms with Gasteiger partial charge in [0, 0.05) is 13.0 Å². The Bertz CT molecular complexity index is 559. The van der Waals surface area contributed by atoms with Crippen molar-refractivity contribution >= 4 is 17.8 Å². The summed E-state index contributed by atoms with van der Waals surface area (Å²) >= 11 is 0. The Morgan fingerprint density at radius 1 is 1.27 bits per heavy atom. The average Bonchev–Trinajstić information content (AvgIpc) is 2.78. The van der Waals surface area contributed by atoms with Crippen molar-refractivity contribution < 1.29 is 27.6 Å². The van der Waals surface area contributed by atoms with Gasteiger partial charge in [0.25, 0.3) is 11.6 Å². The van der Waals surface area contributed by atoms with E-state index in [-0.39, 0.29) is 18.9 Å². The van der Waals surface area contributed by atoms with Crippen molar-refractivity contribution in [3.8, 4) is 0 Å². The normalized spacial score (nSPS) is 24.9. The van der Waals surface area contributed by atoms with Gasteiger partial charge in [-0.25, -0.2) is 4.79 Å². The van der Waals surface area contributed by atoms with Gasteiger partial charge >= 0.3 is 12.2 Å². The summed E-state index contributed by atoms with van der Waals surface area (Å²) in [5.74, 6) is -2.24. The lowest BCUT2D eigenvalue weighted by atomic mass is 9.86. The van der Waals surface area contributed by atoms with Crippen LogP contribution in [0.1, 0.15) is 58.8 Å². The summed E-state index contributed by atoms with van der Waals surface area (Å²) in [6, 6.07) is -1.14. The van der Waals surface area contributed by atoms with Gasteiger partial charge in [0.15, 0.2) is 0 Å². The minimum Gasteiger partial charge on any atom is -0.318 e. The first-order valence-electron chi connectivity index (χ1n) is 9.08. The van der Waals surface area contributed by atoms with Crippen LogP contribution in [0.3, 0.4) is 0 Å². The number of hydrogen-bond donors (Lipinski definition) is 2. The molecule has 2 fully saturated rings. The van der Waals surface area contributed by atoms with Crippen LogP contribution in [0.25, 0.3) is 0 Å². The molecule has 6 nitrogen and oxygen atoms in total. The van der Waals surface area contributed by atoms with E-state index in [0.29, 0.717) is 17.2 Å². The molecule has 0 aromatic carbocycles. The maximum atomic E-state index is 13.6. The van der Waals surface area contributed by atoms with Crippen molar-refractivity contribution in [1.29, 1.82) is 0 Å². The Hall–Kier alpha value is -1.80. The number of carbonyl (C=O) groups excluding carboxylic acids is 3. The highest BCUT2D eigenvalue weighted by Crippen LogP contribution is 2.34. The number of imide groups is 1. The Kier molecular flexibility index (Phi) is 6.18. The second kappa shape index (κ2) is 7.84. The topological polar surface area (TPSA) is 78.5 Å². The van der Waals surface area contributed by atoms with E-state index >= 15 is 0 Å². The molecule has 26 heavy (non-hydrogen) atoms. The molecule has 148 valence electrons. The van der Waals surface area contributed by atoms with Gasteiger partial charge in [-0.05, 0) is 18.3 Å². The number of alkyl halides is 3. The fourth-order valence-electron chi connectivity index (χ4n) is 3.54. The maximum Gasteiger partial charge on any atom is 0.440 e. The fourth-order valence-corrected chi connectivity index (χ4v) is 3.54.